The summed E-state index contributed by atoms with van der Waals surface area (Å²) in [6, 6.07) is 12.0. The minimum atomic E-state index is 0.472. The van der Waals surface area contributed by atoms with Gasteiger partial charge in [-0.1, -0.05) is 24.3 Å². The van der Waals surface area contributed by atoms with E-state index in [1.165, 1.54) is 0 Å². The predicted molar refractivity (Wildman–Crippen MR) is 141 cm³/mol. The van der Waals surface area contributed by atoms with Gasteiger partial charge in [0.05, 0.1) is 18.1 Å². The highest BCUT2D eigenvalue weighted by atomic mass is 15.4. The van der Waals surface area contributed by atoms with Crippen LogP contribution in [0.15, 0.2) is 69.2 Å². The lowest BCUT2D eigenvalue weighted by atomic mass is 10.1. The number of hydrogen-bond donors (Lipinski definition) is 2. The van der Waals surface area contributed by atoms with E-state index in [4.69, 9.17) is 16.5 Å². The summed E-state index contributed by atoms with van der Waals surface area (Å²) in [5.74, 6) is 0.950. The molecular weight excluding hydrogens is 440 g/mol. The molecular formula is C25H30N10. The van der Waals surface area contributed by atoms with Gasteiger partial charge in [-0.2, -0.15) is 10.2 Å². The van der Waals surface area contributed by atoms with Crippen molar-refractivity contribution in [1.29, 1.82) is 0 Å². The Morgan fingerprint density at radius 3 is 1.86 bits per heavy atom. The summed E-state index contributed by atoms with van der Waals surface area (Å²) in [6.45, 7) is 3.80. The second kappa shape index (κ2) is 10.4. The fourth-order valence-corrected chi connectivity index (χ4v) is 4.29. The van der Waals surface area contributed by atoms with Crippen molar-refractivity contribution in [2.24, 2.45) is 31.9 Å². The molecule has 3 aromatic rings. The first-order valence-corrected chi connectivity index (χ1v) is 12.0. The molecule has 0 amide bonds. The smallest absolute Gasteiger partial charge is 0.216 e. The van der Waals surface area contributed by atoms with Crippen LogP contribution < -0.4 is 11.5 Å². The molecule has 2 fully saturated rings. The monoisotopic (exact) mass is 470 g/mol. The Kier molecular flexibility index (Phi) is 6.69. The largest absolute Gasteiger partial charge is 0.368 e. The van der Waals surface area contributed by atoms with Crippen LogP contribution in [0, 0.1) is 0 Å². The summed E-state index contributed by atoms with van der Waals surface area (Å²) in [6.07, 6.45) is 12.0. The molecule has 2 aliphatic rings. The third-order valence-electron chi connectivity index (χ3n) is 6.27. The molecule has 5 rings (SSSR count). The molecule has 4 N–H and O–H groups in total. The molecule has 0 spiro atoms. The molecule has 0 aliphatic carbocycles. The number of nitrogens with two attached hydrogens (primary N) is 2. The van der Waals surface area contributed by atoms with Crippen LogP contribution in [-0.2, 0) is 0 Å². The molecule has 10 heteroatoms. The van der Waals surface area contributed by atoms with E-state index >= 15 is 0 Å². The molecule has 0 radical (unpaired) electrons. The number of nitrogens with zero attached hydrogens (tertiary/aromatic N) is 8. The summed E-state index contributed by atoms with van der Waals surface area (Å²) in [7, 11) is 0. The van der Waals surface area contributed by atoms with Gasteiger partial charge in [0.15, 0.2) is 0 Å². The first-order chi connectivity index (χ1) is 17.2. The Balaban J connectivity index is 1.25. The number of benzene rings is 1. The summed E-state index contributed by atoms with van der Waals surface area (Å²) < 4.78 is 1.98. The van der Waals surface area contributed by atoms with Gasteiger partial charge < -0.3 is 25.7 Å². The number of guanidine groups is 2. The van der Waals surface area contributed by atoms with Crippen molar-refractivity contribution >= 4 is 30.0 Å². The molecule has 1 aromatic carbocycles. The number of aromatic nitrogens is 2. The molecule has 2 aromatic heterocycles. The van der Waals surface area contributed by atoms with Crippen LogP contribution in [0.25, 0.3) is 16.9 Å². The van der Waals surface area contributed by atoms with E-state index in [1.54, 1.807) is 12.4 Å². The number of hydrogen-bond acceptors (Lipinski definition) is 5. The van der Waals surface area contributed by atoms with Crippen molar-refractivity contribution in [3.63, 3.8) is 0 Å². The van der Waals surface area contributed by atoms with Crippen LogP contribution in [0.5, 0.6) is 0 Å². The van der Waals surface area contributed by atoms with Gasteiger partial charge in [-0.15, -0.1) is 10.2 Å². The second-order valence-corrected chi connectivity index (χ2v) is 8.77. The maximum Gasteiger partial charge on any atom is 0.216 e. The van der Waals surface area contributed by atoms with Gasteiger partial charge in [0, 0.05) is 49.7 Å². The van der Waals surface area contributed by atoms with Crippen molar-refractivity contribution < 1.29 is 0 Å². The zero-order valence-corrected chi connectivity index (χ0v) is 19.7. The minimum absolute atomic E-state index is 0.472. The summed E-state index contributed by atoms with van der Waals surface area (Å²) >= 11 is 0. The van der Waals surface area contributed by atoms with E-state index in [0.717, 1.165) is 79.9 Å². The van der Waals surface area contributed by atoms with Gasteiger partial charge in [0.25, 0.3) is 0 Å². The van der Waals surface area contributed by atoms with Crippen LogP contribution >= 0.6 is 0 Å². The van der Waals surface area contributed by atoms with Crippen LogP contribution in [-0.4, -0.2) is 69.7 Å². The van der Waals surface area contributed by atoms with E-state index in [-0.39, 0.29) is 0 Å². The number of likely N-dealkylation sites (tertiary alicyclic amines) is 2. The Bertz CT molecular complexity index is 1270. The van der Waals surface area contributed by atoms with Gasteiger partial charge >= 0.3 is 0 Å². The molecule has 180 valence electrons. The fourth-order valence-electron chi connectivity index (χ4n) is 4.29. The van der Waals surface area contributed by atoms with Crippen molar-refractivity contribution in [3.8, 4) is 11.3 Å². The first kappa shape index (κ1) is 22.6. The maximum atomic E-state index is 6.00. The van der Waals surface area contributed by atoms with Crippen LogP contribution in [0.1, 0.15) is 36.8 Å². The lowest BCUT2D eigenvalue weighted by Gasteiger charge is -2.13. The number of pyridine rings is 1. The van der Waals surface area contributed by atoms with Crippen LogP contribution in [0.3, 0.4) is 0 Å². The van der Waals surface area contributed by atoms with Gasteiger partial charge in [-0.25, -0.2) is 4.98 Å². The SMILES string of the molecule is NC(=NN=Cc1ccc(-c2cn3cc(C=NN=C(N)N4CCCC4)ccc3n2)cc1)N1CCCC1. The van der Waals surface area contributed by atoms with E-state index in [1.807, 2.05) is 53.2 Å². The van der Waals surface area contributed by atoms with Crippen LogP contribution in [0.4, 0.5) is 0 Å². The Morgan fingerprint density at radius 2 is 1.26 bits per heavy atom. The average Bonchev–Trinajstić information content (AvgIpc) is 3.66. The minimum Gasteiger partial charge on any atom is -0.368 e. The highest BCUT2D eigenvalue weighted by molar-refractivity contribution is 5.84. The highest BCUT2D eigenvalue weighted by Gasteiger charge is 2.14. The molecule has 0 unspecified atom stereocenters. The summed E-state index contributed by atoms with van der Waals surface area (Å²) in [5, 5.41) is 16.5. The Hall–Kier alpha value is -4.21. The zero-order valence-electron chi connectivity index (χ0n) is 19.7. The number of rotatable bonds is 5. The molecule has 4 heterocycles. The zero-order chi connectivity index (χ0) is 24.0. The van der Waals surface area contributed by atoms with Gasteiger partial charge in [0.2, 0.25) is 11.9 Å². The maximum absolute atomic E-state index is 6.00. The van der Waals surface area contributed by atoms with E-state index in [0.29, 0.717) is 11.9 Å². The molecule has 2 aliphatic heterocycles. The molecule has 0 atom stereocenters. The summed E-state index contributed by atoms with van der Waals surface area (Å²) in [4.78, 5) is 8.84. The lowest BCUT2D eigenvalue weighted by molar-refractivity contribution is 0.511. The predicted octanol–water partition coefficient (Wildman–Crippen LogP) is 2.49. The molecule has 10 nitrogen and oxygen atoms in total. The van der Waals surface area contributed by atoms with Gasteiger partial charge in [-0.05, 0) is 43.4 Å². The first-order valence-electron chi connectivity index (χ1n) is 12.0. The quantitative estimate of drug-likeness (QED) is 0.337. The van der Waals surface area contributed by atoms with Crippen molar-refractivity contribution in [1.82, 2.24) is 19.2 Å². The molecule has 0 saturated carbocycles. The van der Waals surface area contributed by atoms with Crippen LogP contribution in [0.2, 0.25) is 0 Å². The lowest BCUT2D eigenvalue weighted by Crippen LogP contribution is -2.34. The molecule has 35 heavy (non-hydrogen) atoms. The fraction of sp³-hybridized carbons (Fsp3) is 0.320. The second-order valence-electron chi connectivity index (χ2n) is 8.77. The van der Waals surface area contributed by atoms with Crippen molar-refractivity contribution in [2.45, 2.75) is 25.7 Å². The third-order valence-corrected chi connectivity index (χ3v) is 6.27. The highest BCUT2D eigenvalue weighted by Crippen LogP contribution is 2.20. The average molecular weight is 471 g/mol. The van der Waals surface area contributed by atoms with Gasteiger partial charge in [0.1, 0.15) is 5.65 Å². The third kappa shape index (κ3) is 5.48. The van der Waals surface area contributed by atoms with Crippen molar-refractivity contribution in [2.75, 3.05) is 26.2 Å². The summed E-state index contributed by atoms with van der Waals surface area (Å²) in [5.41, 5.74) is 16.6. The normalized spacial score (nSPS) is 17.6. The van der Waals surface area contributed by atoms with E-state index in [9.17, 15) is 0 Å². The van der Waals surface area contributed by atoms with Crippen molar-refractivity contribution in [3.05, 3.63) is 59.9 Å². The number of fused-ring (bicyclic) bond motifs is 1. The Morgan fingerprint density at radius 1 is 0.714 bits per heavy atom. The molecule has 2 saturated heterocycles. The number of imidazole rings is 1. The molecule has 0 bridgehead atoms. The van der Waals surface area contributed by atoms with Gasteiger partial charge in [-0.3, -0.25) is 0 Å². The standard InChI is InChI=1S/C25H30N10/c26-24(33-11-1-2-12-33)31-28-15-19-5-8-21(9-6-19)22-18-35-17-20(7-10-23(35)30-22)16-29-32-25(27)34-13-3-4-14-34/h5-10,15-18H,1-4,11-14H2,(H2,26,31)(H2,27,32). The topological polar surface area (TPSA) is 125 Å². The Labute approximate surface area is 204 Å². The van der Waals surface area contributed by atoms with E-state index in [2.05, 4.69) is 30.2 Å². The van der Waals surface area contributed by atoms with E-state index < -0.39 is 0 Å².